The quantitative estimate of drug-likeness (QED) is 0.655. The van der Waals surface area contributed by atoms with Gasteiger partial charge in [0.25, 0.3) is 0 Å². The number of aliphatic hydroxyl groups excluding tert-OH is 1. The van der Waals surface area contributed by atoms with Crippen LogP contribution < -0.4 is 10.5 Å². The molecule has 0 amide bonds. The molecule has 1 aromatic rings. The number of nitrogens with one attached hydrogen (secondary N) is 1. The van der Waals surface area contributed by atoms with Gasteiger partial charge in [-0.1, -0.05) is 12.1 Å². The molecular formula is C13H22N2O3S. The number of nitrogens with two attached hydrogens (primary N) is 1. The van der Waals surface area contributed by atoms with Gasteiger partial charge in [-0.05, 0) is 50.9 Å². The molecule has 0 saturated carbocycles. The summed E-state index contributed by atoms with van der Waals surface area (Å²) < 4.78 is 22.5. The van der Waals surface area contributed by atoms with Crippen LogP contribution in [0.25, 0.3) is 0 Å². The summed E-state index contributed by atoms with van der Waals surface area (Å²) in [7, 11) is -3.66. The van der Waals surface area contributed by atoms with Crippen molar-refractivity contribution in [1.82, 2.24) is 5.32 Å². The Morgan fingerprint density at radius 1 is 1.37 bits per heavy atom. The Bertz CT molecular complexity index is 500. The van der Waals surface area contributed by atoms with Crippen molar-refractivity contribution in [3.8, 4) is 0 Å². The summed E-state index contributed by atoms with van der Waals surface area (Å²) in [6, 6.07) is 6.65. The first kappa shape index (κ1) is 16.1. The number of primary sulfonamides is 1. The lowest BCUT2D eigenvalue weighted by molar-refractivity contribution is 0.181. The van der Waals surface area contributed by atoms with Gasteiger partial charge in [0.2, 0.25) is 10.0 Å². The van der Waals surface area contributed by atoms with Crippen LogP contribution in [0.1, 0.15) is 38.3 Å². The minimum atomic E-state index is -3.66. The number of aliphatic hydroxyl groups is 1. The second-order valence-electron chi connectivity index (χ2n) is 4.78. The number of hydrogen-bond donors (Lipinski definition) is 3. The van der Waals surface area contributed by atoms with Gasteiger partial charge in [0.15, 0.2) is 0 Å². The van der Waals surface area contributed by atoms with E-state index in [0.29, 0.717) is 0 Å². The fourth-order valence-electron chi connectivity index (χ4n) is 1.79. The van der Waals surface area contributed by atoms with E-state index in [2.05, 4.69) is 5.32 Å². The monoisotopic (exact) mass is 286 g/mol. The maximum Gasteiger partial charge on any atom is 0.238 e. The summed E-state index contributed by atoms with van der Waals surface area (Å²) in [5.74, 6) is 0. The van der Waals surface area contributed by atoms with Crippen molar-refractivity contribution in [3.05, 3.63) is 29.8 Å². The molecule has 0 aromatic heterocycles. The van der Waals surface area contributed by atoms with Crippen LogP contribution in [-0.2, 0) is 10.0 Å². The maximum absolute atomic E-state index is 11.3. The van der Waals surface area contributed by atoms with Crippen LogP contribution in [0.2, 0.25) is 0 Å². The first-order chi connectivity index (χ1) is 8.80. The fraction of sp³-hybridized carbons (Fsp3) is 0.538. The van der Waals surface area contributed by atoms with E-state index in [0.717, 1.165) is 24.9 Å². The number of rotatable bonds is 7. The predicted molar refractivity (Wildman–Crippen MR) is 75.1 cm³/mol. The molecule has 0 aliphatic rings. The van der Waals surface area contributed by atoms with Gasteiger partial charge in [0.05, 0.1) is 11.0 Å². The zero-order valence-electron chi connectivity index (χ0n) is 11.3. The zero-order chi connectivity index (χ0) is 14.5. The average Bonchev–Trinajstić information content (AvgIpc) is 2.33. The van der Waals surface area contributed by atoms with E-state index in [1.54, 1.807) is 19.1 Å². The van der Waals surface area contributed by atoms with Gasteiger partial charge >= 0.3 is 0 Å². The Kier molecular flexibility index (Phi) is 5.93. The SMILES string of the molecule is CC(O)CCCNC(C)c1cccc(S(N)(=O)=O)c1. The third-order valence-corrected chi connectivity index (χ3v) is 3.85. The summed E-state index contributed by atoms with van der Waals surface area (Å²) in [6.07, 6.45) is 1.33. The maximum atomic E-state index is 11.3. The smallest absolute Gasteiger partial charge is 0.238 e. The normalized spacial score (nSPS) is 15.2. The summed E-state index contributed by atoms with van der Waals surface area (Å²) in [4.78, 5) is 0.127. The van der Waals surface area contributed by atoms with Gasteiger partial charge in [-0.15, -0.1) is 0 Å². The molecule has 0 aliphatic heterocycles. The third kappa shape index (κ3) is 5.69. The lowest BCUT2D eigenvalue weighted by Crippen LogP contribution is -2.21. The molecular weight excluding hydrogens is 264 g/mol. The van der Waals surface area contributed by atoms with E-state index < -0.39 is 10.0 Å². The van der Waals surface area contributed by atoms with E-state index in [9.17, 15) is 8.42 Å². The van der Waals surface area contributed by atoms with E-state index in [4.69, 9.17) is 10.2 Å². The molecule has 0 bridgehead atoms. The molecule has 6 heteroatoms. The molecule has 2 atom stereocenters. The van der Waals surface area contributed by atoms with E-state index in [1.165, 1.54) is 6.07 Å². The lowest BCUT2D eigenvalue weighted by atomic mass is 10.1. The van der Waals surface area contributed by atoms with Crippen molar-refractivity contribution in [2.75, 3.05) is 6.54 Å². The first-order valence-corrected chi connectivity index (χ1v) is 7.89. The summed E-state index contributed by atoms with van der Waals surface area (Å²) >= 11 is 0. The van der Waals surface area contributed by atoms with Crippen molar-refractivity contribution in [2.45, 2.75) is 43.7 Å². The van der Waals surface area contributed by atoms with Crippen LogP contribution in [-0.4, -0.2) is 26.2 Å². The zero-order valence-corrected chi connectivity index (χ0v) is 12.2. The van der Waals surface area contributed by atoms with Crippen LogP contribution in [0.15, 0.2) is 29.2 Å². The number of benzene rings is 1. The van der Waals surface area contributed by atoms with E-state index >= 15 is 0 Å². The van der Waals surface area contributed by atoms with E-state index in [-0.39, 0.29) is 17.0 Å². The minimum Gasteiger partial charge on any atom is -0.393 e. The highest BCUT2D eigenvalue weighted by Gasteiger charge is 2.11. The van der Waals surface area contributed by atoms with Crippen LogP contribution in [0.3, 0.4) is 0 Å². The molecule has 0 fully saturated rings. The van der Waals surface area contributed by atoms with Crippen LogP contribution >= 0.6 is 0 Å². The highest BCUT2D eigenvalue weighted by Crippen LogP contribution is 2.16. The van der Waals surface area contributed by atoms with Gasteiger partial charge in [-0.2, -0.15) is 0 Å². The Morgan fingerprint density at radius 2 is 2.05 bits per heavy atom. The van der Waals surface area contributed by atoms with Crippen molar-refractivity contribution < 1.29 is 13.5 Å². The summed E-state index contributed by atoms with van der Waals surface area (Å²) in [5, 5.41) is 17.5. The molecule has 1 aromatic carbocycles. The van der Waals surface area contributed by atoms with Crippen LogP contribution in [0.5, 0.6) is 0 Å². The molecule has 4 N–H and O–H groups in total. The van der Waals surface area contributed by atoms with E-state index in [1.807, 2.05) is 13.0 Å². The number of hydrogen-bond acceptors (Lipinski definition) is 4. The molecule has 2 unspecified atom stereocenters. The Morgan fingerprint density at radius 3 is 2.63 bits per heavy atom. The molecule has 5 nitrogen and oxygen atoms in total. The highest BCUT2D eigenvalue weighted by molar-refractivity contribution is 7.89. The van der Waals surface area contributed by atoms with Gasteiger partial charge in [-0.25, -0.2) is 13.6 Å². The third-order valence-electron chi connectivity index (χ3n) is 2.94. The summed E-state index contributed by atoms with van der Waals surface area (Å²) in [6.45, 7) is 4.50. The minimum absolute atomic E-state index is 0.0377. The van der Waals surface area contributed by atoms with Crippen molar-refractivity contribution >= 4 is 10.0 Å². The molecule has 0 heterocycles. The molecule has 0 aliphatic carbocycles. The van der Waals surface area contributed by atoms with Crippen LogP contribution in [0.4, 0.5) is 0 Å². The topological polar surface area (TPSA) is 92.4 Å². The Hall–Kier alpha value is -0.950. The average molecular weight is 286 g/mol. The molecule has 0 radical (unpaired) electrons. The summed E-state index contributed by atoms with van der Waals surface area (Å²) in [5.41, 5.74) is 0.878. The highest BCUT2D eigenvalue weighted by atomic mass is 32.2. The van der Waals surface area contributed by atoms with Gasteiger partial charge in [-0.3, -0.25) is 0 Å². The Labute approximate surface area is 114 Å². The first-order valence-electron chi connectivity index (χ1n) is 6.35. The second-order valence-corrected chi connectivity index (χ2v) is 6.35. The van der Waals surface area contributed by atoms with Crippen LogP contribution in [0, 0.1) is 0 Å². The molecule has 0 spiro atoms. The van der Waals surface area contributed by atoms with Crippen molar-refractivity contribution in [1.29, 1.82) is 0 Å². The van der Waals surface area contributed by atoms with Crippen molar-refractivity contribution in [2.24, 2.45) is 5.14 Å². The standard InChI is InChI=1S/C13H22N2O3S/c1-10(16)5-4-8-15-11(2)12-6-3-7-13(9-12)19(14,17)18/h3,6-7,9-11,15-16H,4-5,8H2,1-2H3,(H2,14,17,18). The molecule has 1 rings (SSSR count). The largest absolute Gasteiger partial charge is 0.393 e. The van der Waals surface area contributed by atoms with Crippen molar-refractivity contribution in [3.63, 3.8) is 0 Å². The second kappa shape index (κ2) is 7.00. The molecule has 108 valence electrons. The fourth-order valence-corrected chi connectivity index (χ4v) is 2.36. The molecule has 19 heavy (non-hydrogen) atoms. The Balaban J connectivity index is 2.60. The number of sulfonamides is 1. The van der Waals surface area contributed by atoms with Gasteiger partial charge in [0.1, 0.15) is 0 Å². The predicted octanol–water partition coefficient (Wildman–Crippen LogP) is 1.15. The van der Waals surface area contributed by atoms with Gasteiger partial charge in [0, 0.05) is 6.04 Å². The molecule has 0 saturated heterocycles. The lowest BCUT2D eigenvalue weighted by Gasteiger charge is -2.15. The van der Waals surface area contributed by atoms with Gasteiger partial charge < -0.3 is 10.4 Å².